The Hall–Kier alpha value is -1.62. The van der Waals surface area contributed by atoms with Crippen molar-refractivity contribution >= 4 is 15.9 Å². The summed E-state index contributed by atoms with van der Waals surface area (Å²) < 4.78 is 27.1. The lowest BCUT2D eigenvalue weighted by Crippen LogP contribution is -2.25. The number of hydrogen-bond acceptors (Lipinski definition) is 4. The topological polar surface area (TPSA) is 60.4 Å². The number of carbonyl (C=O) groups excluding carboxylic acids is 1. The lowest BCUT2D eigenvalue weighted by Gasteiger charge is -2.23. The summed E-state index contributed by atoms with van der Waals surface area (Å²) in [5.74, 6) is 0.930. The average Bonchev–Trinajstić information content (AvgIpc) is 2.97. The fourth-order valence-electron chi connectivity index (χ4n) is 3.42. The van der Waals surface area contributed by atoms with E-state index in [4.69, 9.17) is 4.18 Å². The van der Waals surface area contributed by atoms with Crippen molar-refractivity contribution in [3.63, 3.8) is 0 Å². The molecule has 0 aliphatic heterocycles. The molecule has 4 nitrogen and oxygen atoms in total. The highest BCUT2D eigenvalue weighted by atomic mass is 32.2. The summed E-state index contributed by atoms with van der Waals surface area (Å²) >= 11 is 0. The zero-order valence-electron chi connectivity index (χ0n) is 12.1. The van der Waals surface area contributed by atoms with E-state index in [1.807, 2.05) is 6.92 Å². The van der Waals surface area contributed by atoms with Crippen LogP contribution in [0, 0.1) is 18.3 Å². The van der Waals surface area contributed by atoms with E-state index < -0.39 is 10.1 Å². The highest BCUT2D eigenvalue weighted by molar-refractivity contribution is 7.86. The lowest BCUT2D eigenvalue weighted by atomic mass is 9.79. The number of fused-ring (bicyclic) bond motifs is 2. The molecule has 5 heteroatoms. The van der Waals surface area contributed by atoms with Crippen LogP contribution in [0.4, 0.5) is 0 Å². The third-order valence-corrected chi connectivity index (χ3v) is 4.91. The largest absolute Gasteiger partial charge is 0.383 e. The van der Waals surface area contributed by atoms with Gasteiger partial charge in [0, 0.05) is 5.56 Å². The van der Waals surface area contributed by atoms with Gasteiger partial charge in [-0.1, -0.05) is 12.2 Å². The molecule has 0 aromatic heterocycles. The van der Waals surface area contributed by atoms with Gasteiger partial charge in [-0.05, 0) is 55.9 Å². The van der Waals surface area contributed by atoms with Crippen molar-refractivity contribution in [1.82, 2.24) is 0 Å². The van der Waals surface area contributed by atoms with E-state index in [0.29, 0.717) is 11.5 Å². The van der Waals surface area contributed by atoms with Crippen molar-refractivity contribution in [2.75, 3.05) is 6.26 Å². The highest BCUT2D eigenvalue weighted by Crippen LogP contribution is 2.51. The second kappa shape index (κ2) is 4.70. The van der Waals surface area contributed by atoms with Crippen LogP contribution in [0.15, 0.2) is 30.4 Å². The number of rotatable bonds is 4. The third-order valence-electron chi connectivity index (χ3n) is 4.42. The first-order valence-electron chi connectivity index (χ1n) is 7.03. The molecule has 0 amide bonds. The number of ketones is 1. The van der Waals surface area contributed by atoms with Gasteiger partial charge in [-0.15, -0.1) is 0 Å². The smallest absolute Gasteiger partial charge is 0.306 e. The average molecular weight is 306 g/mol. The summed E-state index contributed by atoms with van der Waals surface area (Å²) in [4.78, 5) is 12.8. The maximum absolute atomic E-state index is 12.8. The Bertz CT molecular complexity index is 733. The maximum Gasteiger partial charge on any atom is 0.306 e. The van der Waals surface area contributed by atoms with Crippen molar-refractivity contribution in [3.05, 3.63) is 41.5 Å². The van der Waals surface area contributed by atoms with Gasteiger partial charge in [-0.2, -0.15) is 8.42 Å². The Balaban J connectivity index is 1.90. The van der Waals surface area contributed by atoms with Crippen molar-refractivity contribution in [1.29, 1.82) is 0 Å². The molecule has 0 radical (unpaired) electrons. The zero-order valence-corrected chi connectivity index (χ0v) is 12.9. The zero-order chi connectivity index (χ0) is 15.3. The molecule has 3 rings (SSSR count). The Kier molecular flexibility index (Phi) is 3.20. The van der Waals surface area contributed by atoms with Crippen LogP contribution in [0.2, 0.25) is 0 Å². The predicted octanol–water partition coefficient (Wildman–Crippen LogP) is 2.87. The van der Waals surface area contributed by atoms with E-state index in [2.05, 4.69) is 12.2 Å². The standard InChI is InChI=1S/C16H18O4S/c1-11-9-13(20-21(2,18)19)3-4-14(11)15(17)16-7-5-12(10-16)6-8-16/h3-5,7,9,12H,6,8,10H2,1-2H3. The minimum atomic E-state index is -3.55. The Morgan fingerprint density at radius 2 is 2.14 bits per heavy atom. The summed E-state index contributed by atoms with van der Waals surface area (Å²) in [6, 6.07) is 4.82. The molecule has 0 saturated heterocycles. The van der Waals surface area contributed by atoms with Crippen molar-refractivity contribution < 1.29 is 17.4 Å². The van der Waals surface area contributed by atoms with E-state index >= 15 is 0 Å². The number of benzene rings is 1. The first-order chi connectivity index (χ1) is 9.79. The highest BCUT2D eigenvalue weighted by Gasteiger charge is 2.46. The van der Waals surface area contributed by atoms with E-state index in [-0.39, 0.29) is 16.9 Å². The monoisotopic (exact) mass is 306 g/mol. The molecule has 1 fully saturated rings. The molecular formula is C16H18O4S. The van der Waals surface area contributed by atoms with Crippen LogP contribution in [0.3, 0.4) is 0 Å². The molecule has 2 bridgehead atoms. The Morgan fingerprint density at radius 3 is 2.62 bits per heavy atom. The second-order valence-electron chi connectivity index (χ2n) is 6.11. The summed E-state index contributed by atoms with van der Waals surface area (Å²) in [5.41, 5.74) is 1.07. The Morgan fingerprint density at radius 1 is 1.38 bits per heavy atom. The van der Waals surface area contributed by atoms with Gasteiger partial charge >= 0.3 is 10.1 Å². The third kappa shape index (κ3) is 2.62. The molecule has 1 aromatic carbocycles. The molecule has 2 aliphatic carbocycles. The van der Waals surface area contributed by atoms with E-state index in [1.165, 1.54) is 0 Å². The number of carbonyl (C=O) groups is 1. The van der Waals surface area contributed by atoms with Crippen LogP contribution >= 0.6 is 0 Å². The molecule has 1 aromatic rings. The number of aryl methyl sites for hydroxylation is 1. The van der Waals surface area contributed by atoms with E-state index in [1.54, 1.807) is 18.2 Å². The first kappa shape index (κ1) is 14.3. The van der Waals surface area contributed by atoms with Crippen LogP contribution in [0.5, 0.6) is 5.75 Å². The van der Waals surface area contributed by atoms with Gasteiger partial charge in [0.05, 0.1) is 11.7 Å². The predicted molar refractivity (Wildman–Crippen MR) is 79.9 cm³/mol. The number of Topliss-reactive ketones (excluding diaryl/α,β-unsaturated/α-hetero) is 1. The molecule has 0 heterocycles. The van der Waals surface area contributed by atoms with Crippen LogP contribution in [0.1, 0.15) is 35.2 Å². The molecule has 0 N–H and O–H groups in total. The molecule has 0 spiro atoms. The molecule has 2 aliphatic rings. The van der Waals surface area contributed by atoms with Crippen LogP contribution in [-0.4, -0.2) is 20.5 Å². The van der Waals surface area contributed by atoms with E-state index in [9.17, 15) is 13.2 Å². The lowest BCUT2D eigenvalue weighted by molar-refractivity contribution is 0.0860. The number of allylic oxidation sites excluding steroid dienone is 2. The minimum absolute atomic E-state index is 0.141. The molecule has 21 heavy (non-hydrogen) atoms. The van der Waals surface area contributed by atoms with Gasteiger partial charge in [0.1, 0.15) is 5.75 Å². The normalized spacial score (nSPS) is 27.0. The van der Waals surface area contributed by atoms with Gasteiger partial charge in [0.25, 0.3) is 0 Å². The molecular weight excluding hydrogens is 288 g/mol. The Labute approximate surface area is 124 Å². The molecule has 2 unspecified atom stereocenters. The number of hydrogen-bond donors (Lipinski definition) is 0. The summed E-state index contributed by atoms with van der Waals surface area (Å²) in [7, 11) is -3.55. The van der Waals surface area contributed by atoms with Gasteiger partial charge in [0.15, 0.2) is 5.78 Å². The van der Waals surface area contributed by atoms with Crippen LogP contribution in [0.25, 0.3) is 0 Å². The minimum Gasteiger partial charge on any atom is -0.383 e. The first-order valence-corrected chi connectivity index (χ1v) is 8.85. The summed E-state index contributed by atoms with van der Waals surface area (Å²) in [5, 5.41) is 0. The molecule has 1 saturated carbocycles. The van der Waals surface area contributed by atoms with Gasteiger partial charge < -0.3 is 4.18 Å². The SMILES string of the molecule is Cc1cc(OS(C)(=O)=O)ccc1C(=O)C12C=CC(CC1)C2. The van der Waals surface area contributed by atoms with Gasteiger partial charge in [0.2, 0.25) is 0 Å². The molecule has 112 valence electrons. The quantitative estimate of drug-likeness (QED) is 0.487. The van der Waals surface area contributed by atoms with Crippen LogP contribution in [-0.2, 0) is 10.1 Å². The van der Waals surface area contributed by atoms with Gasteiger partial charge in [-0.25, -0.2) is 0 Å². The van der Waals surface area contributed by atoms with Crippen molar-refractivity contribution in [2.24, 2.45) is 11.3 Å². The van der Waals surface area contributed by atoms with Crippen molar-refractivity contribution in [3.8, 4) is 5.75 Å². The summed E-state index contributed by atoms with van der Waals surface area (Å²) in [6.07, 6.45) is 8.11. The van der Waals surface area contributed by atoms with Crippen molar-refractivity contribution in [2.45, 2.75) is 26.2 Å². The van der Waals surface area contributed by atoms with Crippen LogP contribution < -0.4 is 4.18 Å². The van der Waals surface area contributed by atoms with Gasteiger partial charge in [-0.3, -0.25) is 4.79 Å². The summed E-state index contributed by atoms with van der Waals surface area (Å²) in [6.45, 7) is 1.81. The fraction of sp³-hybridized carbons (Fsp3) is 0.438. The molecule has 2 atom stereocenters. The fourth-order valence-corrected chi connectivity index (χ4v) is 3.87. The van der Waals surface area contributed by atoms with E-state index in [0.717, 1.165) is 31.1 Å². The maximum atomic E-state index is 12.8. The second-order valence-corrected chi connectivity index (χ2v) is 7.69.